The van der Waals surface area contributed by atoms with Crippen LogP contribution in [0.3, 0.4) is 0 Å². The van der Waals surface area contributed by atoms with E-state index in [1.807, 2.05) is 31.2 Å². The molecule has 7 heteroatoms. The first kappa shape index (κ1) is 19.2. The van der Waals surface area contributed by atoms with E-state index in [4.69, 9.17) is 4.42 Å². The molecule has 7 nitrogen and oxygen atoms in total. The summed E-state index contributed by atoms with van der Waals surface area (Å²) >= 11 is 0. The molecule has 2 N–H and O–H groups in total. The summed E-state index contributed by atoms with van der Waals surface area (Å²) in [4.78, 5) is 29.0. The molecule has 2 amide bonds. The van der Waals surface area contributed by atoms with E-state index in [1.165, 1.54) is 25.3 Å². The first-order valence-electron chi connectivity index (χ1n) is 8.72. The van der Waals surface area contributed by atoms with Gasteiger partial charge >= 0.3 is 0 Å². The first-order chi connectivity index (χ1) is 13.3. The Hall–Kier alpha value is -3.61. The second-order valence-electron chi connectivity index (χ2n) is 6.49. The number of aryl methyl sites for hydroxylation is 1. The number of nitrogens with one attached hydrogen (secondary N) is 1. The number of likely N-dealkylation sites (N-methyl/N-ethyl adjacent to an activating group) is 1. The smallest absolute Gasteiger partial charge is 0.246 e. The molecule has 0 aliphatic rings. The van der Waals surface area contributed by atoms with Gasteiger partial charge in [0.1, 0.15) is 11.3 Å². The Morgan fingerprint density at radius 1 is 1.32 bits per heavy atom. The minimum absolute atomic E-state index is 0.0773. The molecule has 0 spiro atoms. The number of aromatic nitrogens is 1. The third-order valence-electron chi connectivity index (χ3n) is 4.30. The van der Waals surface area contributed by atoms with Crippen molar-refractivity contribution in [3.8, 4) is 5.75 Å². The summed E-state index contributed by atoms with van der Waals surface area (Å²) in [6.07, 6.45) is 4.40. The minimum Gasteiger partial charge on any atom is -0.504 e. The highest BCUT2D eigenvalue weighted by atomic mass is 16.3. The topological polar surface area (TPSA) is 95.7 Å². The van der Waals surface area contributed by atoms with Crippen LogP contribution >= 0.6 is 0 Å². The molecule has 0 saturated heterocycles. The van der Waals surface area contributed by atoms with Gasteiger partial charge in [0.05, 0.1) is 6.54 Å². The molecule has 0 fully saturated rings. The van der Waals surface area contributed by atoms with Crippen molar-refractivity contribution in [1.82, 2.24) is 9.88 Å². The van der Waals surface area contributed by atoms with Crippen LogP contribution in [0.2, 0.25) is 0 Å². The molecule has 28 heavy (non-hydrogen) atoms. The number of furan rings is 1. The van der Waals surface area contributed by atoms with E-state index in [9.17, 15) is 14.7 Å². The average molecular weight is 379 g/mol. The van der Waals surface area contributed by atoms with Crippen molar-refractivity contribution in [2.75, 3.05) is 12.4 Å². The van der Waals surface area contributed by atoms with Gasteiger partial charge in [-0.15, -0.1) is 0 Å². The summed E-state index contributed by atoms with van der Waals surface area (Å²) < 4.78 is 5.85. The summed E-state index contributed by atoms with van der Waals surface area (Å²) in [6.45, 7) is 3.64. The number of benzene rings is 1. The summed E-state index contributed by atoms with van der Waals surface area (Å²) in [5, 5.41) is 13.3. The van der Waals surface area contributed by atoms with E-state index in [1.54, 1.807) is 18.0 Å². The van der Waals surface area contributed by atoms with Crippen molar-refractivity contribution in [1.29, 1.82) is 0 Å². The van der Waals surface area contributed by atoms with Gasteiger partial charge in [0, 0.05) is 37.2 Å². The van der Waals surface area contributed by atoms with E-state index in [0.29, 0.717) is 12.1 Å². The number of fused-ring (bicyclic) bond motifs is 1. The van der Waals surface area contributed by atoms with Gasteiger partial charge in [-0.2, -0.15) is 0 Å². The van der Waals surface area contributed by atoms with E-state index >= 15 is 0 Å². The number of nitrogens with zero attached hydrogens (tertiary/aromatic N) is 2. The molecule has 2 aromatic heterocycles. The van der Waals surface area contributed by atoms with E-state index < -0.39 is 0 Å². The van der Waals surface area contributed by atoms with Crippen molar-refractivity contribution in [2.45, 2.75) is 20.4 Å². The number of amides is 2. The van der Waals surface area contributed by atoms with Crippen molar-refractivity contribution in [3.63, 3.8) is 0 Å². The number of aromatic hydroxyl groups is 1. The molecule has 0 saturated carbocycles. The number of rotatable bonds is 5. The second-order valence-corrected chi connectivity index (χ2v) is 6.49. The zero-order valence-corrected chi connectivity index (χ0v) is 15.9. The highest BCUT2D eigenvalue weighted by Crippen LogP contribution is 2.26. The fraction of sp³-hybridized carbons (Fsp3) is 0.190. The predicted octanol–water partition coefficient (Wildman–Crippen LogP) is 3.47. The minimum atomic E-state index is -0.330. The Morgan fingerprint density at radius 3 is 2.75 bits per heavy atom. The molecule has 2 heterocycles. The highest BCUT2D eigenvalue weighted by molar-refractivity contribution is 5.92. The van der Waals surface area contributed by atoms with Gasteiger partial charge in [-0.05, 0) is 30.7 Å². The number of carbonyl (C=O) groups is 2. The van der Waals surface area contributed by atoms with Gasteiger partial charge < -0.3 is 19.7 Å². The van der Waals surface area contributed by atoms with Gasteiger partial charge in [-0.25, -0.2) is 4.98 Å². The first-order valence-corrected chi connectivity index (χ1v) is 8.72. The lowest BCUT2D eigenvalue weighted by atomic mass is 10.1. The Balaban J connectivity index is 1.69. The van der Waals surface area contributed by atoms with E-state index in [0.717, 1.165) is 22.3 Å². The van der Waals surface area contributed by atoms with Crippen LogP contribution in [0, 0.1) is 6.92 Å². The number of anilines is 1. The van der Waals surface area contributed by atoms with Crippen molar-refractivity contribution < 1.29 is 19.1 Å². The highest BCUT2D eigenvalue weighted by Gasteiger charge is 2.14. The van der Waals surface area contributed by atoms with Gasteiger partial charge in [-0.1, -0.05) is 18.2 Å². The lowest BCUT2D eigenvalue weighted by Crippen LogP contribution is -2.24. The standard InChI is InChI=1S/C21H21N3O4/c1-13-16-6-4-5-7-18(16)28-19(13)12-24(3)20(27)9-8-15-10-17(26)21(22-11-15)23-14(2)25/h4-11,26H,12H2,1-3H3,(H,22,23,25). The van der Waals surface area contributed by atoms with Crippen LogP contribution in [0.15, 0.2) is 47.0 Å². The van der Waals surface area contributed by atoms with Crippen LogP contribution in [0.1, 0.15) is 23.8 Å². The van der Waals surface area contributed by atoms with Crippen molar-refractivity contribution in [2.24, 2.45) is 0 Å². The Labute approximate surface area is 162 Å². The fourth-order valence-corrected chi connectivity index (χ4v) is 2.79. The third kappa shape index (κ3) is 4.20. The third-order valence-corrected chi connectivity index (χ3v) is 4.30. The molecule has 1 aromatic carbocycles. The Kier molecular flexibility index (Phi) is 5.44. The average Bonchev–Trinajstić information content (AvgIpc) is 2.97. The monoisotopic (exact) mass is 379 g/mol. The molecule has 0 unspecified atom stereocenters. The van der Waals surface area contributed by atoms with Crippen molar-refractivity contribution >= 4 is 34.7 Å². The van der Waals surface area contributed by atoms with Crippen LogP contribution < -0.4 is 5.32 Å². The van der Waals surface area contributed by atoms with Gasteiger partial charge in [0.2, 0.25) is 11.8 Å². The lowest BCUT2D eigenvalue weighted by molar-refractivity contribution is -0.125. The molecule has 3 rings (SSSR count). The zero-order valence-electron chi connectivity index (χ0n) is 15.9. The number of carbonyl (C=O) groups excluding carboxylic acids is 2. The van der Waals surface area contributed by atoms with Crippen LogP contribution in [0.4, 0.5) is 5.82 Å². The maximum Gasteiger partial charge on any atom is 0.246 e. The Bertz CT molecular complexity index is 1070. The molecule has 0 aliphatic heterocycles. The van der Waals surface area contributed by atoms with E-state index in [2.05, 4.69) is 10.3 Å². The number of para-hydroxylation sites is 1. The quantitative estimate of drug-likeness (QED) is 0.662. The van der Waals surface area contributed by atoms with Crippen molar-refractivity contribution in [3.05, 3.63) is 59.5 Å². The molecule has 3 aromatic rings. The second kappa shape index (κ2) is 7.96. The summed E-state index contributed by atoms with van der Waals surface area (Å²) in [7, 11) is 1.69. The fourth-order valence-electron chi connectivity index (χ4n) is 2.79. The SMILES string of the molecule is CC(=O)Nc1ncc(C=CC(=O)N(C)Cc2oc3ccccc3c2C)cc1O. The van der Waals surface area contributed by atoms with Gasteiger partial charge in [-0.3, -0.25) is 9.59 Å². The number of hydrogen-bond acceptors (Lipinski definition) is 5. The lowest BCUT2D eigenvalue weighted by Gasteiger charge is -2.13. The molecule has 0 radical (unpaired) electrons. The molecule has 0 atom stereocenters. The normalized spacial score (nSPS) is 11.1. The molecular formula is C21H21N3O4. The van der Waals surface area contributed by atoms with Gasteiger partial charge in [0.15, 0.2) is 11.6 Å². The molecule has 0 bridgehead atoms. The maximum atomic E-state index is 12.4. The van der Waals surface area contributed by atoms with E-state index in [-0.39, 0.29) is 23.4 Å². The van der Waals surface area contributed by atoms with Gasteiger partial charge in [0.25, 0.3) is 0 Å². The molecular weight excluding hydrogens is 358 g/mol. The van der Waals surface area contributed by atoms with Crippen LogP contribution in [0.5, 0.6) is 5.75 Å². The number of pyridine rings is 1. The summed E-state index contributed by atoms with van der Waals surface area (Å²) in [5.74, 6) is 0.1000. The van der Waals surface area contributed by atoms with Crippen LogP contribution in [-0.4, -0.2) is 33.9 Å². The predicted molar refractivity (Wildman–Crippen MR) is 107 cm³/mol. The molecule has 0 aliphatic carbocycles. The zero-order chi connectivity index (χ0) is 20.3. The largest absolute Gasteiger partial charge is 0.504 e. The van der Waals surface area contributed by atoms with Crippen LogP contribution in [0.25, 0.3) is 17.0 Å². The summed E-state index contributed by atoms with van der Waals surface area (Å²) in [6, 6.07) is 9.17. The molecule has 144 valence electrons. The maximum absolute atomic E-state index is 12.4. The Morgan fingerprint density at radius 2 is 2.07 bits per heavy atom. The summed E-state index contributed by atoms with van der Waals surface area (Å²) in [5.41, 5.74) is 2.35. The van der Waals surface area contributed by atoms with Crippen LogP contribution in [-0.2, 0) is 16.1 Å². The number of hydrogen-bond donors (Lipinski definition) is 2.